The lowest BCUT2D eigenvalue weighted by Gasteiger charge is -2.05. The van der Waals surface area contributed by atoms with Gasteiger partial charge >= 0.3 is 5.97 Å². The number of rotatable bonds is 5. The summed E-state index contributed by atoms with van der Waals surface area (Å²) in [7, 11) is 0. The average molecular weight is 367 g/mol. The van der Waals surface area contributed by atoms with Crippen molar-refractivity contribution in [3.8, 4) is 11.3 Å². The Kier molecular flexibility index (Phi) is 5.28. The number of hydrogen-bond acceptors (Lipinski definition) is 6. The minimum atomic E-state index is -0.584. The molecule has 0 saturated heterocycles. The van der Waals surface area contributed by atoms with Gasteiger partial charge in [0.05, 0.1) is 11.3 Å². The van der Waals surface area contributed by atoms with Crippen molar-refractivity contribution in [1.82, 2.24) is 4.98 Å². The molecule has 0 atom stereocenters. The molecule has 7 heteroatoms. The lowest BCUT2D eigenvalue weighted by molar-refractivity contribution is -0.119. The van der Waals surface area contributed by atoms with Gasteiger partial charge in [-0.15, -0.1) is 11.3 Å². The number of aryl methyl sites for hydroxylation is 1. The molecule has 0 fully saturated rings. The summed E-state index contributed by atoms with van der Waals surface area (Å²) in [5.74, 6) is -1.03. The van der Waals surface area contributed by atoms with Crippen molar-refractivity contribution in [2.45, 2.75) is 6.92 Å². The minimum Gasteiger partial charge on any atom is -0.452 e. The lowest BCUT2D eigenvalue weighted by Crippen LogP contribution is -2.20. The zero-order valence-electron chi connectivity index (χ0n) is 14.1. The molecule has 1 heterocycles. The highest BCUT2D eigenvalue weighted by Crippen LogP contribution is 2.25. The van der Waals surface area contributed by atoms with Gasteiger partial charge in [0.1, 0.15) is 0 Å². The monoisotopic (exact) mass is 367 g/mol. The van der Waals surface area contributed by atoms with Gasteiger partial charge in [-0.2, -0.15) is 0 Å². The molecule has 6 nitrogen and oxygen atoms in total. The molecule has 1 amide bonds. The third-order valence-corrected chi connectivity index (χ3v) is 4.34. The van der Waals surface area contributed by atoms with E-state index in [-0.39, 0.29) is 6.61 Å². The summed E-state index contributed by atoms with van der Waals surface area (Å²) in [5.41, 5.74) is 9.37. The van der Waals surface area contributed by atoms with Crippen LogP contribution in [0.3, 0.4) is 0 Å². The van der Waals surface area contributed by atoms with E-state index in [4.69, 9.17) is 10.5 Å². The quantitative estimate of drug-likeness (QED) is 0.532. The number of anilines is 2. The number of nitrogens with zero attached hydrogens (tertiary/aromatic N) is 1. The SMILES string of the molecule is Cc1ccc(-c2csc(NC(=O)COC(=O)c3ccc(N)cc3)n2)cc1. The van der Waals surface area contributed by atoms with E-state index >= 15 is 0 Å². The zero-order valence-corrected chi connectivity index (χ0v) is 14.9. The van der Waals surface area contributed by atoms with Gasteiger partial charge < -0.3 is 10.5 Å². The average Bonchev–Trinajstić information content (AvgIpc) is 3.09. The Morgan fingerprint density at radius 1 is 1.12 bits per heavy atom. The number of thiazole rings is 1. The molecule has 0 radical (unpaired) electrons. The number of ether oxygens (including phenoxy) is 1. The van der Waals surface area contributed by atoms with Crippen molar-refractivity contribution in [3.05, 3.63) is 65.0 Å². The molecule has 0 unspecified atom stereocenters. The summed E-state index contributed by atoms with van der Waals surface area (Å²) in [6.07, 6.45) is 0. The highest BCUT2D eigenvalue weighted by atomic mass is 32.1. The van der Waals surface area contributed by atoms with Gasteiger partial charge in [0.2, 0.25) is 0 Å². The maximum Gasteiger partial charge on any atom is 0.338 e. The van der Waals surface area contributed by atoms with Crippen LogP contribution in [-0.2, 0) is 9.53 Å². The Balaban J connectivity index is 1.54. The van der Waals surface area contributed by atoms with E-state index in [1.165, 1.54) is 16.9 Å². The maximum absolute atomic E-state index is 12.0. The molecular formula is C19H17N3O3S. The van der Waals surface area contributed by atoms with E-state index < -0.39 is 11.9 Å². The molecule has 0 bridgehead atoms. The number of esters is 1. The Bertz CT molecular complexity index is 918. The normalized spacial score (nSPS) is 10.3. The fraction of sp³-hybridized carbons (Fsp3) is 0.105. The molecule has 132 valence electrons. The number of hydrogen-bond donors (Lipinski definition) is 2. The van der Waals surface area contributed by atoms with E-state index in [9.17, 15) is 9.59 Å². The van der Waals surface area contributed by atoms with Crippen molar-refractivity contribution in [3.63, 3.8) is 0 Å². The summed E-state index contributed by atoms with van der Waals surface area (Å²) in [4.78, 5) is 28.2. The first-order chi connectivity index (χ1) is 12.5. The summed E-state index contributed by atoms with van der Waals surface area (Å²) >= 11 is 1.31. The number of benzene rings is 2. The second kappa shape index (κ2) is 7.79. The number of nitrogens with one attached hydrogen (secondary N) is 1. The van der Waals surface area contributed by atoms with Gasteiger partial charge in [-0.05, 0) is 31.2 Å². The topological polar surface area (TPSA) is 94.3 Å². The number of amides is 1. The highest BCUT2D eigenvalue weighted by molar-refractivity contribution is 7.14. The van der Waals surface area contributed by atoms with Gasteiger partial charge in [-0.3, -0.25) is 10.1 Å². The number of carbonyl (C=O) groups is 2. The van der Waals surface area contributed by atoms with Crippen LogP contribution in [0.25, 0.3) is 11.3 Å². The predicted molar refractivity (Wildman–Crippen MR) is 102 cm³/mol. The molecular weight excluding hydrogens is 350 g/mol. The molecule has 0 aliphatic rings. The summed E-state index contributed by atoms with van der Waals surface area (Å²) in [6.45, 7) is 1.63. The van der Waals surface area contributed by atoms with Crippen LogP contribution in [0, 0.1) is 6.92 Å². The fourth-order valence-corrected chi connectivity index (χ4v) is 2.91. The molecule has 1 aromatic heterocycles. The van der Waals surface area contributed by atoms with Crippen LogP contribution in [-0.4, -0.2) is 23.5 Å². The first-order valence-electron chi connectivity index (χ1n) is 7.86. The first kappa shape index (κ1) is 17.6. The van der Waals surface area contributed by atoms with Gasteiger partial charge in [-0.1, -0.05) is 29.8 Å². The molecule has 3 rings (SSSR count). The van der Waals surface area contributed by atoms with E-state index in [1.54, 1.807) is 24.3 Å². The summed E-state index contributed by atoms with van der Waals surface area (Å²) < 4.78 is 4.99. The van der Waals surface area contributed by atoms with E-state index in [2.05, 4.69) is 10.3 Å². The zero-order chi connectivity index (χ0) is 18.5. The fourth-order valence-electron chi connectivity index (χ4n) is 2.18. The third kappa shape index (κ3) is 4.46. The van der Waals surface area contributed by atoms with Gasteiger partial charge in [0.25, 0.3) is 5.91 Å². The van der Waals surface area contributed by atoms with Crippen molar-refractivity contribution >= 4 is 34.0 Å². The molecule has 0 spiro atoms. The molecule has 0 saturated carbocycles. The van der Waals surface area contributed by atoms with Crippen molar-refractivity contribution < 1.29 is 14.3 Å². The van der Waals surface area contributed by atoms with Crippen LogP contribution < -0.4 is 11.1 Å². The number of carbonyl (C=O) groups excluding carboxylic acids is 2. The van der Waals surface area contributed by atoms with Crippen LogP contribution in [0.2, 0.25) is 0 Å². The van der Waals surface area contributed by atoms with Crippen LogP contribution in [0.15, 0.2) is 53.9 Å². The molecule has 3 N–H and O–H groups in total. The third-order valence-electron chi connectivity index (χ3n) is 3.58. The van der Waals surface area contributed by atoms with Gasteiger partial charge in [0.15, 0.2) is 11.7 Å². The predicted octanol–water partition coefficient (Wildman–Crippen LogP) is 3.50. The van der Waals surface area contributed by atoms with Crippen molar-refractivity contribution in [2.24, 2.45) is 0 Å². The standard InChI is InChI=1S/C19H17N3O3S/c1-12-2-4-13(5-3-12)16-11-26-19(21-16)22-17(23)10-25-18(24)14-6-8-15(20)9-7-14/h2-9,11H,10,20H2,1H3,(H,21,22,23). The van der Waals surface area contributed by atoms with Crippen LogP contribution in [0.4, 0.5) is 10.8 Å². The molecule has 26 heavy (non-hydrogen) atoms. The smallest absolute Gasteiger partial charge is 0.338 e. The first-order valence-corrected chi connectivity index (χ1v) is 8.74. The Morgan fingerprint density at radius 3 is 2.50 bits per heavy atom. The summed E-state index contributed by atoms with van der Waals surface area (Å²) in [6, 6.07) is 14.2. The Hall–Kier alpha value is -3.19. The largest absolute Gasteiger partial charge is 0.452 e. The second-order valence-corrected chi connectivity index (χ2v) is 6.51. The van der Waals surface area contributed by atoms with Crippen LogP contribution in [0.1, 0.15) is 15.9 Å². The highest BCUT2D eigenvalue weighted by Gasteiger charge is 2.12. The van der Waals surface area contributed by atoms with Gasteiger partial charge in [-0.25, -0.2) is 9.78 Å². The van der Waals surface area contributed by atoms with Crippen molar-refractivity contribution in [1.29, 1.82) is 0 Å². The van der Waals surface area contributed by atoms with E-state index in [0.717, 1.165) is 11.3 Å². The molecule has 0 aliphatic heterocycles. The van der Waals surface area contributed by atoms with Crippen LogP contribution >= 0.6 is 11.3 Å². The Labute approximate surface area is 154 Å². The van der Waals surface area contributed by atoms with Gasteiger partial charge in [0, 0.05) is 16.6 Å². The Morgan fingerprint density at radius 2 is 1.81 bits per heavy atom. The number of aromatic nitrogens is 1. The second-order valence-electron chi connectivity index (χ2n) is 5.65. The number of nitrogen functional groups attached to an aromatic ring is 1. The lowest BCUT2D eigenvalue weighted by atomic mass is 10.1. The molecule has 3 aromatic rings. The van der Waals surface area contributed by atoms with E-state index in [1.807, 2.05) is 36.6 Å². The number of nitrogens with two attached hydrogens (primary N) is 1. The minimum absolute atomic E-state index is 0.336. The maximum atomic E-state index is 12.0. The van der Waals surface area contributed by atoms with E-state index in [0.29, 0.717) is 16.4 Å². The molecule has 2 aromatic carbocycles. The molecule has 0 aliphatic carbocycles. The van der Waals surface area contributed by atoms with Crippen LogP contribution in [0.5, 0.6) is 0 Å². The van der Waals surface area contributed by atoms with Crippen molar-refractivity contribution in [2.75, 3.05) is 17.7 Å². The summed E-state index contributed by atoms with van der Waals surface area (Å²) in [5, 5.41) is 4.95.